The van der Waals surface area contributed by atoms with Crippen LogP contribution in [0, 0.1) is 0 Å². The van der Waals surface area contributed by atoms with Gasteiger partial charge >= 0.3 is 0 Å². The minimum absolute atomic E-state index is 0.0137. The highest BCUT2D eigenvalue weighted by atomic mass is 16.1. The lowest BCUT2D eigenvalue weighted by molar-refractivity contribution is 1.21. The Morgan fingerprint density at radius 3 is 1.73 bits per heavy atom. The molecule has 0 aliphatic heterocycles. The first-order chi connectivity index (χ1) is 25.2. The van der Waals surface area contributed by atoms with Gasteiger partial charge < -0.3 is 0 Å². The molecule has 236 valence electrons. The van der Waals surface area contributed by atoms with Crippen LogP contribution in [0.2, 0.25) is 0 Å². The fraction of sp³-hybridized carbons (Fsp3) is 0. The molecule has 2 aromatic heterocycles. The molecule has 0 unspecified atom stereocenters. The normalized spacial score (nSPS) is 12.0. The van der Waals surface area contributed by atoms with Gasteiger partial charge in [0.1, 0.15) is 0 Å². The standard InChI is InChI=1S/C49H29NO/c51-49-41-22-19-36(38-16-9-17-39-40(38)21-18-35-24-32-14-7-8-15-33(32)25-42(35)39)27-43(41)45-28-37(31-12-5-2-6-13-31)29-46-44-26-34(30-10-3-1-4-11-30)20-23-47(44)50(49)48(45)46/h1-29H. The van der Waals surface area contributed by atoms with Crippen molar-refractivity contribution >= 4 is 70.3 Å². The Labute approximate surface area is 293 Å². The second-order valence-corrected chi connectivity index (χ2v) is 13.7. The van der Waals surface area contributed by atoms with Crippen molar-refractivity contribution in [3.05, 3.63) is 186 Å². The smallest absolute Gasteiger partial charge is 0.263 e. The third kappa shape index (κ3) is 4.14. The van der Waals surface area contributed by atoms with Gasteiger partial charge in [-0.3, -0.25) is 9.20 Å². The Morgan fingerprint density at radius 1 is 0.314 bits per heavy atom. The topological polar surface area (TPSA) is 21.5 Å². The van der Waals surface area contributed by atoms with E-state index in [1.807, 2.05) is 16.5 Å². The van der Waals surface area contributed by atoms with Crippen molar-refractivity contribution in [1.82, 2.24) is 4.40 Å². The zero-order valence-electron chi connectivity index (χ0n) is 27.6. The highest BCUT2D eigenvalue weighted by Gasteiger charge is 2.20. The lowest BCUT2D eigenvalue weighted by Crippen LogP contribution is -2.13. The zero-order valence-corrected chi connectivity index (χ0v) is 27.6. The van der Waals surface area contributed by atoms with Crippen LogP contribution in [0.25, 0.3) is 104 Å². The number of aromatic nitrogens is 1. The Kier molecular flexibility index (Phi) is 5.85. The highest BCUT2D eigenvalue weighted by Crippen LogP contribution is 2.41. The van der Waals surface area contributed by atoms with Crippen LogP contribution in [0.3, 0.4) is 0 Å². The first-order valence-electron chi connectivity index (χ1n) is 17.5. The molecular formula is C49H29NO. The van der Waals surface area contributed by atoms with Gasteiger partial charge in [0, 0.05) is 21.5 Å². The summed E-state index contributed by atoms with van der Waals surface area (Å²) >= 11 is 0. The molecule has 2 heterocycles. The molecular weight excluding hydrogens is 619 g/mol. The number of benzene rings is 9. The van der Waals surface area contributed by atoms with E-state index in [4.69, 9.17) is 0 Å². The van der Waals surface area contributed by atoms with Crippen molar-refractivity contribution in [3.8, 4) is 33.4 Å². The first-order valence-corrected chi connectivity index (χ1v) is 17.5. The molecule has 0 fully saturated rings. The highest BCUT2D eigenvalue weighted by molar-refractivity contribution is 6.23. The predicted octanol–water partition coefficient (Wildman–Crippen LogP) is 12.7. The molecule has 9 aromatic carbocycles. The molecule has 11 rings (SSSR count). The summed E-state index contributed by atoms with van der Waals surface area (Å²) in [6.07, 6.45) is 0. The van der Waals surface area contributed by atoms with E-state index < -0.39 is 0 Å². The summed E-state index contributed by atoms with van der Waals surface area (Å²) in [5.41, 5.74) is 8.76. The van der Waals surface area contributed by atoms with Gasteiger partial charge in [-0.05, 0) is 120 Å². The van der Waals surface area contributed by atoms with Crippen LogP contribution in [0.5, 0.6) is 0 Å². The lowest BCUT2D eigenvalue weighted by Gasteiger charge is -2.13. The Bertz CT molecular complexity index is 3250. The molecule has 0 saturated heterocycles. The maximum Gasteiger partial charge on any atom is 0.263 e. The minimum Gasteiger partial charge on any atom is -0.275 e. The maximum atomic E-state index is 14.6. The number of rotatable bonds is 3. The fourth-order valence-corrected chi connectivity index (χ4v) is 8.45. The van der Waals surface area contributed by atoms with E-state index in [9.17, 15) is 4.79 Å². The zero-order chi connectivity index (χ0) is 33.6. The third-order valence-corrected chi connectivity index (χ3v) is 10.9. The monoisotopic (exact) mass is 647 g/mol. The summed E-state index contributed by atoms with van der Waals surface area (Å²) in [5.74, 6) is 0. The quantitative estimate of drug-likeness (QED) is 0.138. The van der Waals surface area contributed by atoms with Crippen molar-refractivity contribution < 1.29 is 0 Å². The molecule has 0 atom stereocenters. The summed E-state index contributed by atoms with van der Waals surface area (Å²) in [4.78, 5) is 14.6. The van der Waals surface area contributed by atoms with E-state index in [0.29, 0.717) is 0 Å². The second kappa shape index (κ2) is 10.6. The van der Waals surface area contributed by atoms with Gasteiger partial charge in [0.2, 0.25) is 0 Å². The average Bonchev–Trinajstić information content (AvgIpc) is 3.53. The molecule has 0 bridgehead atoms. The van der Waals surface area contributed by atoms with Gasteiger partial charge in [-0.1, -0.05) is 127 Å². The summed E-state index contributed by atoms with van der Waals surface area (Å²) in [6.45, 7) is 0. The first kappa shape index (κ1) is 28.1. The van der Waals surface area contributed by atoms with Gasteiger partial charge in [-0.2, -0.15) is 0 Å². The van der Waals surface area contributed by atoms with E-state index in [1.54, 1.807) is 0 Å². The van der Waals surface area contributed by atoms with Gasteiger partial charge in [0.25, 0.3) is 5.56 Å². The molecule has 0 radical (unpaired) electrons. The third-order valence-electron chi connectivity index (χ3n) is 10.9. The van der Waals surface area contributed by atoms with Gasteiger partial charge in [-0.15, -0.1) is 0 Å². The molecule has 0 N–H and O–H groups in total. The van der Waals surface area contributed by atoms with Crippen LogP contribution in [0.15, 0.2) is 181 Å². The molecule has 0 saturated carbocycles. The molecule has 11 aromatic rings. The number of hydrogen-bond donors (Lipinski definition) is 0. The summed E-state index contributed by atoms with van der Waals surface area (Å²) in [5, 5.41) is 12.4. The second-order valence-electron chi connectivity index (χ2n) is 13.7. The Balaban J connectivity index is 1.21. The van der Waals surface area contributed by atoms with Crippen molar-refractivity contribution in [3.63, 3.8) is 0 Å². The van der Waals surface area contributed by atoms with Crippen LogP contribution in [-0.4, -0.2) is 4.40 Å². The van der Waals surface area contributed by atoms with Gasteiger partial charge in [0.15, 0.2) is 0 Å². The summed E-state index contributed by atoms with van der Waals surface area (Å²) in [7, 11) is 0. The Hall–Kier alpha value is -6.77. The average molecular weight is 648 g/mol. The minimum atomic E-state index is 0.0137. The maximum absolute atomic E-state index is 14.6. The largest absolute Gasteiger partial charge is 0.275 e. The summed E-state index contributed by atoms with van der Waals surface area (Å²) < 4.78 is 1.94. The summed E-state index contributed by atoms with van der Waals surface area (Å²) in [6, 6.07) is 62.7. The van der Waals surface area contributed by atoms with Gasteiger partial charge in [0.05, 0.1) is 11.0 Å². The van der Waals surface area contributed by atoms with E-state index in [2.05, 4.69) is 164 Å². The number of fused-ring (bicyclic) bond motifs is 9. The van der Waals surface area contributed by atoms with Crippen molar-refractivity contribution in [2.24, 2.45) is 0 Å². The molecule has 2 nitrogen and oxygen atoms in total. The number of nitrogens with zero attached hydrogens (tertiary/aromatic N) is 1. The van der Waals surface area contributed by atoms with Crippen molar-refractivity contribution in [2.45, 2.75) is 0 Å². The van der Waals surface area contributed by atoms with E-state index >= 15 is 0 Å². The van der Waals surface area contributed by atoms with Crippen LogP contribution < -0.4 is 5.56 Å². The van der Waals surface area contributed by atoms with Crippen LogP contribution in [-0.2, 0) is 0 Å². The van der Waals surface area contributed by atoms with Crippen LogP contribution >= 0.6 is 0 Å². The fourth-order valence-electron chi connectivity index (χ4n) is 8.45. The number of hydrogen-bond acceptors (Lipinski definition) is 1. The molecule has 2 heteroatoms. The van der Waals surface area contributed by atoms with E-state index in [0.717, 1.165) is 71.3 Å². The van der Waals surface area contributed by atoms with E-state index in [1.165, 1.54) is 32.3 Å². The molecule has 51 heavy (non-hydrogen) atoms. The molecule has 0 aliphatic carbocycles. The van der Waals surface area contributed by atoms with Crippen LogP contribution in [0.4, 0.5) is 0 Å². The predicted molar refractivity (Wildman–Crippen MR) is 216 cm³/mol. The van der Waals surface area contributed by atoms with Gasteiger partial charge in [-0.25, -0.2) is 0 Å². The van der Waals surface area contributed by atoms with Crippen molar-refractivity contribution in [1.29, 1.82) is 0 Å². The molecule has 0 spiro atoms. The SMILES string of the molecule is O=c1c2ccc(-c3cccc4c3ccc3cc5ccccc5cc34)cc2c2cc(-c3ccccc3)cc3c4cc(-c5ccccc5)ccc4n1c23. The molecule has 0 amide bonds. The van der Waals surface area contributed by atoms with E-state index in [-0.39, 0.29) is 5.56 Å². The van der Waals surface area contributed by atoms with Crippen molar-refractivity contribution in [2.75, 3.05) is 0 Å². The Morgan fingerprint density at radius 2 is 0.941 bits per heavy atom. The lowest BCUT2D eigenvalue weighted by atomic mass is 9.91. The van der Waals surface area contributed by atoms with Crippen LogP contribution in [0.1, 0.15) is 0 Å². The molecule has 0 aliphatic rings. The number of pyridine rings is 1.